The first-order chi connectivity index (χ1) is 10.3. The van der Waals surface area contributed by atoms with Crippen molar-refractivity contribution in [2.24, 2.45) is 0 Å². The molecule has 1 N–H and O–H groups in total. The first-order valence-corrected chi connectivity index (χ1v) is 8.00. The lowest BCUT2D eigenvalue weighted by atomic mass is 9.83. The molecule has 1 aromatic heterocycles. The summed E-state index contributed by atoms with van der Waals surface area (Å²) < 4.78 is 0. The van der Waals surface area contributed by atoms with Crippen LogP contribution in [0.2, 0.25) is 0 Å². The quantitative estimate of drug-likeness (QED) is 0.873. The van der Waals surface area contributed by atoms with Gasteiger partial charge in [-0.05, 0) is 56.1 Å². The van der Waals surface area contributed by atoms with Gasteiger partial charge in [0.2, 0.25) is 0 Å². The van der Waals surface area contributed by atoms with E-state index >= 15 is 0 Å². The van der Waals surface area contributed by atoms with Gasteiger partial charge in [-0.25, -0.2) is 4.98 Å². The van der Waals surface area contributed by atoms with Gasteiger partial charge in [-0.1, -0.05) is 24.3 Å². The largest absolute Gasteiger partial charge is 0.310 e. The van der Waals surface area contributed by atoms with Crippen molar-refractivity contribution in [1.29, 1.82) is 0 Å². The number of fused-ring (bicyclic) bond motifs is 2. The zero-order valence-corrected chi connectivity index (χ0v) is 12.2. The van der Waals surface area contributed by atoms with Crippen molar-refractivity contribution in [3.8, 4) is 0 Å². The molecule has 3 nitrogen and oxygen atoms in total. The molecule has 0 spiro atoms. The number of nitrogens with zero attached hydrogens (tertiary/aromatic N) is 1. The maximum absolute atomic E-state index is 12.3. The molecule has 2 aromatic rings. The zero-order chi connectivity index (χ0) is 14.2. The first-order valence-electron chi connectivity index (χ1n) is 8.00. The van der Waals surface area contributed by atoms with E-state index in [1.807, 2.05) is 0 Å². The fraction of sp³-hybridized carbons (Fsp3) is 0.444. The Morgan fingerprint density at radius 1 is 1.05 bits per heavy atom. The van der Waals surface area contributed by atoms with Crippen LogP contribution < -0.4 is 5.56 Å². The minimum Gasteiger partial charge on any atom is -0.310 e. The molecule has 2 aliphatic carbocycles. The van der Waals surface area contributed by atoms with Crippen LogP contribution in [-0.4, -0.2) is 9.97 Å². The third-order valence-corrected chi connectivity index (χ3v) is 4.94. The summed E-state index contributed by atoms with van der Waals surface area (Å²) in [6.07, 6.45) is 7.31. The Bertz CT molecular complexity index is 732. The molecular formula is C18H20N2O. The van der Waals surface area contributed by atoms with E-state index in [9.17, 15) is 4.79 Å². The maximum Gasteiger partial charge on any atom is 0.254 e. The Morgan fingerprint density at radius 2 is 1.86 bits per heavy atom. The second-order valence-corrected chi connectivity index (χ2v) is 6.29. The van der Waals surface area contributed by atoms with Gasteiger partial charge in [0.1, 0.15) is 5.82 Å². The van der Waals surface area contributed by atoms with E-state index in [0.717, 1.165) is 62.0 Å². The third kappa shape index (κ3) is 2.31. The standard InChI is InChI=1S/C18H20N2O/c21-18-15-7-3-4-8-16(15)19-17(20-18)14-10-9-12-5-1-2-6-13(12)11-14/h1-2,5-6,14H,3-4,7-11H2,(H,19,20,21). The highest BCUT2D eigenvalue weighted by Gasteiger charge is 2.24. The highest BCUT2D eigenvalue weighted by molar-refractivity contribution is 5.32. The lowest BCUT2D eigenvalue weighted by molar-refractivity contribution is 0.541. The molecule has 0 saturated carbocycles. The molecule has 1 unspecified atom stereocenters. The zero-order valence-electron chi connectivity index (χ0n) is 12.2. The van der Waals surface area contributed by atoms with Crippen LogP contribution in [0, 0.1) is 0 Å². The fourth-order valence-corrected chi connectivity index (χ4v) is 3.75. The second kappa shape index (κ2) is 5.14. The number of aromatic nitrogens is 2. The monoisotopic (exact) mass is 280 g/mol. The van der Waals surface area contributed by atoms with E-state index < -0.39 is 0 Å². The molecule has 21 heavy (non-hydrogen) atoms. The topological polar surface area (TPSA) is 45.8 Å². The van der Waals surface area contributed by atoms with E-state index in [-0.39, 0.29) is 5.56 Å². The fourth-order valence-electron chi connectivity index (χ4n) is 3.75. The summed E-state index contributed by atoms with van der Waals surface area (Å²) >= 11 is 0. The van der Waals surface area contributed by atoms with Crippen molar-refractivity contribution in [3.05, 3.63) is 62.8 Å². The number of aryl methyl sites for hydroxylation is 2. The van der Waals surface area contributed by atoms with Gasteiger partial charge in [-0.3, -0.25) is 4.79 Å². The summed E-state index contributed by atoms with van der Waals surface area (Å²) in [5.74, 6) is 1.27. The van der Waals surface area contributed by atoms with E-state index in [1.165, 1.54) is 11.1 Å². The number of H-pyrrole nitrogens is 1. The van der Waals surface area contributed by atoms with Crippen LogP contribution in [0.25, 0.3) is 0 Å². The predicted octanol–water partition coefficient (Wildman–Crippen LogP) is 2.92. The number of hydrogen-bond acceptors (Lipinski definition) is 2. The highest BCUT2D eigenvalue weighted by Crippen LogP contribution is 2.31. The number of hydrogen-bond donors (Lipinski definition) is 1. The molecular weight excluding hydrogens is 260 g/mol. The number of nitrogens with one attached hydrogen (secondary N) is 1. The molecule has 0 fully saturated rings. The van der Waals surface area contributed by atoms with Crippen LogP contribution in [0.3, 0.4) is 0 Å². The molecule has 4 rings (SSSR count). The van der Waals surface area contributed by atoms with Crippen LogP contribution in [0.4, 0.5) is 0 Å². The average molecular weight is 280 g/mol. The maximum atomic E-state index is 12.3. The number of aromatic amines is 1. The van der Waals surface area contributed by atoms with Crippen molar-refractivity contribution in [2.45, 2.75) is 50.9 Å². The van der Waals surface area contributed by atoms with Crippen molar-refractivity contribution >= 4 is 0 Å². The third-order valence-electron chi connectivity index (χ3n) is 4.94. The lowest BCUT2D eigenvalue weighted by Crippen LogP contribution is -2.26. The summed E-state index contributed by atoms with van der Waals surface area (Å²) in [6.45, 7) is 0. The van der Waals surface area contributed by atoms with Crippen LogP contribution in [0.1, 0.15) is 53.4 Å². The van der Waals surface area contributed by atoms with Gasteiger partial charge < -0.3 is 4.98 Å². The summed E-state index contributed by atoms with van der Waals surface area (Å²) in [5, 5.41) is 0. The second-order valence-electron chi connectivity index (χ2n) is 6.29. The summed E-state index contributed by atoms with van der Waals surface area (Å²) in [7, 11) is 0. The van der Waals surface area contributed by atoms with Crippen LogP contribution in [0.15, 0.2) is 29.1 Å². The lowest BCUT2D eigenvalue weighted by Gasteiger charge is -2.25. The smallest absolute Gasteiger partial charge is 0.254 e. The van der Waals surface area contributed by atoms with Crippen molar-refractivity contribution < 1.29 is 0 Å². The molecule has 3 heteroatoms. The molecule has 108 valence electrons. The van der Waals surface area contributed by atoms with Crippen molar-refractivity contribution in [1.82, 2.24) is 9.97 Å². The van der Waals surface area contributed by atoms with Gasteiger partial charge in [0, 0.05) is 11.5 Å². The molecule has 1 atom stereocenters. The molecule has 0 aliphatic heterocycles. The normalized spacial score (nSPS) is 20.7. The van der Waals surface area contributed by atoms with Gasteiger partial charge in [0.05, 0.1) is 5.69 Å². The van der Waals surface area contributed by atoms with Gasteiger partial charge in [0.15, 0.2) is 0 Å². The minimum absolute atomic E-state index is 0.105. The van der Waals surface area contributed by atoms with E-state index in [2.05, 4.69) is 29.2 Å². The predicted molar refractivity (Wildman–Crippen MR) is 82.7 cm³/mol. The Labute approximate surface area is 124 Å². The molecule has 0 saturated heterocycles. The number of benzene rings is 1. The van der Waals surface area contributed by atoms with Crippen molar-refractivity contribution in [3.63, 3.8) is 0 Å². The average Bonchev–Trinajstić information content (AvgIpc) is 2.54. The van der Waals surface area contributed by atoms with E-state index in [1.54, 1.807) is 0 Å². The summed E-state index contributed by atoms with van der Waals surface area (Å²) in [4.78, 5) is 20.2. The van der Waals surface area contributed by atoms with E-state index in [4.69, 9.17) is 4.98 Å². The van der Waals surface area contributed by atoms with Crippen LogP contribution in [0.5, 0.6) is 0 Å². The van der Waals surface area contributed by atoms with Gasteiger partial charge in [-0.15, -0.1) is 0 Å². The van der Waals surface area contributed by atoms with Gasteiger partial charge in [0.25, 0.3) is 5.56 Å². The van der Waals surface area contributed by atoms with Gasteiger partial charge in [-0.2, -0.15) is 0 Å². The van der Waals surface area contributed by atoms with Crippen LogP contribution >= 0.6 is 0 Å². The van der Waals surface area contributed by atoms with Crippen molar-refractivity contribution in [2.75, 3.05) is 0 Å². The Hall–Kier alpha value is -1.90. The molecule has 1 heterocycles. The van der Waals surface area contributed by atoms with Gasteiger partial charge >= 0.3 is 0 Å². The molecule has 0 amide bonds. The molecule has 1 aromatic carbocycles. The Kier molecular flexibility index (Phi) is 3.13. The molecule has 0 radical (unpaired) electrons. The van der Waals surface area contributed by atoms with Crippen LogP contribution in [-0.2, 0) is 25.7 Å². The Balaban J connectivity index is 1.69. The first kappa shape index (κ1) is 12.8. The summed E-state index contributed by atoms with van der Waals surface area (Å²) in [5.41, 5.74) is 4.96. The molecule has 2 aliphatic rings. The summed E-state index contributed by atoms with van der Waals surface area (Å²) in [6, 6.07) is 8.63. The number of rotatable bonds is 1. The highest BCUT2D eigenvalue weighted by atomic mass is 16.1. The van der Waals surface area contributed by atoms with E-state index in [0.29, 0.717) is 5.92 Å². The SMILES string of the molecule is O=c1[nH]c(C2CCc3ccccc3C2)nc2c1CCCC2. The molecule has 0 bridgehead atoms. The Morgan fingerprint density at radius 3 is 2.76 bits per heavy atom. The minimum atomic E-state index is 0.105.